The van der Waals surface area contributed by atoms with Gasteiger partial charge in [-0.2, -0.15) is 5.10 Å². The molecule has 160 valence electrons. The van der Waals surface area contributed by atoms with Crippen molar-refractivity contribution >= 4 is 22.6 Å². The highest BCUT2D eigenvalue weighted by atomic mass is 16.5. The van der Waals surface area contributed by atoms with Crippen LogP contribution in [-0.2, 0) is 22.6 Å². The third-order valence-corrected chi connectivity index (χ3v) is 5.98. The van der Waals surface area contributed by atoms with Crippen LogP contribution in [0.4, 0.5) is 5.69 Å². The number of amides is 1. The molecule has 1 aliphatic rings. The molecule has 0 bridgehead atoms. The first kappa shape index (κ1) is 20.6. The Balaban J connectivity index is 1.61. The first-order chi connectivity index (χ1) is 14.5. The Hall–Kier alpha value is -2.67. The van der Waals surface area contributed by atoms with E-state index >= 15 is 0 Å². The minimum Gasteiger partial charge on any atom is -0.383 e. The van der Waals surface area contributed by atoms with Crippen molar-refractivity contribution in [3.63, 3.8) is 0 Å². The van der Waals surface area contributed by atoms with Crippen LogP contribution in [0.2, 0.25) is 0 Å². The van der Waals surface area contributed by atoms with Crippen molar-refractivity contribution in [2.45, 2.75) is 59.0 Å². The summed E-state index contributed by atoms with van der Waals surface area (Å²) in [6, 6.07) is 8.06. The SMILES string of the molecule is COCCn1c(Cn2nc(C)cc2C)nc2cc(NC(=O)C3CCCCC3)ccc21. The van der Waals surface area contributed by atoms with Gasteiger partial charge in [0.1, 0.15) is 5.82 Å². The molecule has 1 fully saturated rings. The van der Waals surface area contributed by atoms with E-state index in [1.165, 1.54) is 6.42 Å². The molecule has 0 spiro atoms. The Morgan fingerprint density at radius 1 is 1.20 bits per heavy atom. The summed E-state index contributed by atoms with van der Waals surface area (Å²) in [5, 5.41) is 7.69. The molecular formula is C23H31N5O2. The summed E-state index contributed by atoms with van der Waals surface area (Å²) < 4.78 is 9.47. The van der Waals surface area contributed by atoms with E-state index in [0.29, 0.717) is 13.2 Å². The zero-order chi connectivity index (χ0) is 21.1. The summed E-state index contributed by atoms with van der Waals surface area (Å²) in [5.41, 5.74) is 4.84. The summed E-state index contributed by atoms with van der Waals surface area (Å²) in [4.78, 5) is 17.5. The summed E-state index contributed by atoms with van der Waals surface area (Å²) in [5.74, 6) is 1.20. The standard InChI is InChI=1S/C23H31N5O2/c1-16-13-17(2)28(26-16)15-22-25-20-14-19(9-10-21(20)27(22)11-12-30-3)24-23(29)18-7-5-4-6-8-18/h9-10,13-14,18H,4-8,11-12,15H2,1-3H3,(H,24,29). The largest absolute Gasteiger partial charge is 0.383 e. The second kappa shape index (κ2) is 9.00. The van der Waals surface area contributed by atoms with Gasteiger partial charge in [0.25, 0.3) is 0 Å². The highest BCUT2D eigenvalue weighted by molar-refractivity contribution is 5.94. The van der Waals surface area contributed by atoms with Crippen molar-refractivity contribution in [3.05, 3.63) is 41.5 Å². The maximum atomic E-state index is 12.6. The van der Waals surface area contributed by atoms with E-state index in [-0.39, 0.29) is 11.8 Å². The van der Waals surface area contributed by atoms with Gasteiger partial charge >= 0.3 is 0 Å². The summed E-state index contributed by atoms with van der Waals surface area (Å²) in [7, 11) is 1.71. The van der Waals surface area contributed by atoms with E-state index < -0.39 is 0 Å². The van der Waals surface area contributed by atoms with Gasteiger partial charge < -0.3 is 14.6 Å². The zero-order valence-corrected chi connectivity index (χ0v) is 18.1. The van der Waals surface area contributed by atoms with Crippen LogP contribution in [0.5, 0.6) is 0 Å². The van der Waals surface area contributed by atoms with Gasteiger partial charge in [0.2, 0.25) is 5.91 Å². The quantitative estimate of drug-likeness (QED) is 0.639. The molecule has 2 heterocycles. The van der Waals surface area contributed by atoms with E-state index in [9.17, 15) is 4.79 Å². The molecule has 0 atom stereocenters. The van der Waals surface area contributed by atoms with Crippen LogP contribution in [0.25, 0.3) is 11.0 Å². The molecule has 3 aromatic rings. The molecule has 4 rings (SSSR count). The third kappa shape index (κ3) is 4.41. The number of rotatable bonds is 7. The van der Waals surface area contributed by atoms with Crippen molar-refractivity contribution < 1.29 is 9.53 Å². The molecule has 1 N–H and O–H groups in total. The maximum Gasteiger partial charge on any atom is 0.227 e. The van der Waals surface area contributed by atoms with Crippen LogP contribution in [0.1, 0.15) is 49.3 Å². The molecule has 30 heavy (non-hydrogen) atoms. The van der Waals surface area contributed by atoms with Gasteiger partial charge in [-0.25, -0.2) is 4.98 Å². The predicted molar refractivity (Wildman–Crippen MR) is 118 cm³/mol. The van der Waals surface area contributed by atoms with Gasteiger partial charge in [0, 0.05) is 31.0 Å². The number of hydrogen-bond donors (Lipinski definition) is 1. The molecule has 2 aromatic heterocycles. The van der Waals surface area contributed by atoms with E-state index in [1.54, 1.807) is 7.11 Å². The van der Waals surface area contributed by atoms with E-state index in [2.05, 4.69) is 28.0 Å². The molecular weight excluding hydrogens is 378 g/mol. The average Bonchev–Trinajstić information content (AvgIpc) is 3.24. The number of ether oxygens (including phenoxy) is 1. The number of carbonyl (C=O) groups excluding carboxylic acids is 1. The monoisotopic (exact) mass is 409 g/mol. The molecule has 0 aliphatic heterocycles. The summed E-state index contributed by atoms with van der Waals surface area (Å²) >= 11 is 0. The number of fused-ring (bicyclic) bond motifs is 1. The molecule has 1 aliphatic carbocycles. The van der Waals surface area contributed by atoms with Gasteiger partial charge in [-0.15, -0.1) is 0 Å². The lowest BCUT2D eigenvalue weighted by Crippen LogP contribution is -2.24. The number of methoxy groups -OCH3 is 1. The fourth-order valence-corrected chi connectivity index (χ4v) is 4.39. The molecule has 0 saturated heterocycles. The third-order valence-electron chi connectivity index (χ3n) is 5.98. The molecule has 1 aromatic carbocycles. The number of hydrogen-bond acceptors (Lipinski definition) is 4. The fourth-order valence-electron chi connectivity index (χ4n) is 4.39. The normalized spacial score (nSPS) is 15.0. The Morgan fingerprint density at radius 2 is 2.00 bits per heavy atom. The van der Waals surface area contributed by atoms with Crippen molar-refractivity contribution in [1.29, 1.82) is 0 Å². The zero-order valence-electron chi connectivity index (χ0n) is 18.1. The smallest absolute Gasteiger partial charge is 0.227 e. The Kier molecular flexibility index (Phi) is 6.18. The van der Waals surface area contributed by atoms with Crippen LogP contribution < -0.4 is 5.32 Å². The summed E-state index contributed by atoms with van der Waals surface area (Å²) in [6.07, 6.45) is 5.53. The Bertz CT molecular complexity index is 1030. The number of nitrogens with one attached hydrogen (secondary N) is 1. The van der Waals surface area contributed by atoms with Crippen molar-refractivity contribution in [3.8, 4) is 0 Å². The summed E-state index contributed by atoms with van der Waals surface area (Å²) in [6.45, 7) is 5.98. The van der Waals surface area contributed by atoms with Crippen LogP contribution in [0.3, 0.4) is 0 Å². The van der Waals surface area contributed by atoms with Crippen LogP contribution in [0, 0.1) is 19.8 Å². The average molecular weight is 410 g/mol. The molecule has 1 amide bonds. The predicted octanol–water partition coefficient (Wildman–Crippen LogP) is 4.06. The number of benzene rings is 1. The van der Waals surface area contributed by atoms with Crippen LogP contribution in [0.15, 0.2) is 24.3 Å². The minimum absolute atomic E-state index is 0.135. The molecule has 0 unspecified atom stereocenters. The first-order valence-corrected chi connectivity index (χ1v) is 10.8. The van der Waals surface area contributed by atoms with E-state index in [0.717, 1.165) is 66.2 Å². The lowest BCUT2D eigenvalue weighted by Gasteiger charge is -2.20. The Morgan fingerprint density at radius 3 is 2.70 bits per heavy atom. The molecule has 0 radical (unpaired) electrons. The number of anilines is 1. The second-order valence-electron chi connectivity index (χ2n) is 8.28. The van der Waals surface area contributed by atoms with Crippen molar-refractivity contribution in [1.82, 2.24) is 19.3 Å². The lowest BCUT2D eigenvalue weighted by molar-refractivity contribution is -0.120. The highest BCUT2D eigenvalue weighted by Crippen LogP contribution is 2.26. The van der Waals surface area contributed by atoms with E-state index in [1.807, 2.05) is 29.8 Å². The van der Waals surface area contributed by atoms with Crippen LogP contribution in [-0.4, -0.2) is 39.0 Å². The molecule has 7 heteroatoms. The number of nitrogens with zero attached hydrogens (tertiary/aromatic N) is 4. The van der Waals surface area contributed by atoms with Gasteiger partial charge in [-0.3, -0.25) is 9.48 Å². The van der Waals surface area contributed by atoms with Crippen molar-refractivity contribution in [2.75, 3.05) is 19.0 Å². The van der Waals surface area contributed by atoms with E-state index in [4.69, 9.17) is 9.72 Å². The number of aromatic nitrogens is 4. The first-order valence-electron chi connectivity index (χ1n) is 10.8. The highest BCUT2D eigenvalue weighted by Gasteiger charge is 2.21. The number of carbonyl (C=O) groups is 1. The number of aryl methyl sites for hydroxylation is 2. The van der Waals surface area contributed by atoms with Crippen LogP contribution >= 0.6 is 0 Å². The molecule has 1 saturated carbocycles. The number of imidazole rings is 1. The van der Waals surface area contributed by atoms with Crippen molar-refractivity contribution in [2.24, 2.45) is 5.92 Å². The van der Waals surface area contributed by atoms with Gasteiger partial charge in [0.15, 0.2) is 0 Å². The lowest BCUT2D eigenvalue weighted by atomic mass is 9.88. The maximum absolute atomic E-state index is 12.6. The van der Waals surface area contributed by atoms with Gasteiger partial charge in [-0.1, -0.05) is 19.3 Å². The topological polar surface area (TPSA) is 74.0 Å². The minimum atomic E-state index is 0.135. The molecule has 7 nitrogen and oxygen atoms in total. The fraction of sp³-hybridized carbons (Fsp3) is 0.522. The Labute approximate surface area is 177 Å². The van der Waals surface area contributed by atoms with Gasteiger partial charge in [0.05, 0.1) is 29.9 Å². The second-order valence-corrected chi connectivity index (χ2v) is 8.28. The van der Waals surface area contributed by atoms with Gasteiger partial charge in [-0.05, 0) is 51.0 Å².